The lowest BCUT2D eigenvalue weighted by atomic mass is 9.78. The van der Waals surface area contributed by atoms with Gasteiger partial charge >= 0.3 is 0 Å². The zero-order chi connectivity index (χ0) is 13.5. The molecule has 1 aliphatic carbocycles. The van der Waals surface area contributed by atoms with Crippen molar-refractivity contribution in [1.29, 1.82) is 0 Å². The van der Waals surface area contributed by atoms with Crippen molar-refractivity contribution in [2.75, 3.05) is 19.6 Å². The summed E-state index contributed by atoms with van der Waals surface area (Å²) < 4.78 is 0. The highest BCUT2D eigenvalue weighted by atomic mass is 15.2. The standard InChI is InChI=1S/C17H34N2/c1-2-3-4-5-6-7-8-12-19-13-15-10-9-11-17(18)16(15)14-19/h15-17H,2-14,18H2,1H3. The number of hydrogen-bond donors (Lipinski definition) is 1. The topological polar surface area (TPSA) is 29.3 Å². The quantitative estimate of drug-likeness (QED) is 0.677. The average Bonchev–Trinajstić information content (AvgIpc) is 2.82. The fraction of sp³-hybridized carbons (Fsp3) is 1.00. The van der Waals surface area contributed by atoms with Crippen LogP contribution in [-0.4, -0.2) is 30.6 Å². The molecular weight excluding hydrogens is 232 g/mol. The predicted molar refractivity (Wildman–Crippen MR) is 83.2 cm³/mol. The summed E-state index contributed by atoms with van der Waals surface area (Å²) in [6.45, 7) is 6.25. The van der Waals surface area contributed by atoms with Gasteiger partial charge in [0, 0.05) is 19.1 Å². The Hall–Kier alpha value is -0.0800. The van der Waals surface area contributed by atoms with Gasteiger partial charge in [-0.1, -0.05) is 51.9 Å². The van der Waals surface area contributed by atoms with E-state index in [4.69, 9.17) is 5.73 Å². The summed E-state index contributed by atoms with van der Waals surface area (Å²) in [5.74, 6) is 1.74. The fourth-order valence-corrected chi connectivity index (χ4v) is 4.08. The third-order valence-electron chi connectivity index (χ3n) is 5.31. The van der Waals surface area contributed by atoms with Crippen molar-refractivity contribution < 1.29 is 0 Å². The Kier molecular flexibility index (Phi) is 6.66. The summed E-state index contributed by atoms with van der Waals surface area (Å²) in [5.41, 5.74) is 6.28. The molecule has 1 heterocycles. The summed E-state index contributed by atoms with van der Waals surface area (Å²) in [6, 6.07) is 0.498. The van der Waals surface area contributed by atoms with Crippen LogP contribution in [0, 0.1) is 11.8 Å². The molecule has 0 aromatic heterocycles. The van der Waals surface area contributed by atoms with E-state index in [-0.39, 0.29) is 0 Å². The number of nitrogens with zero attached hydrogens (tertiary/aromatic N) is 1. The van der Waals surface area contributed by atoms with E-state index in [1.807, 2.05) is 0 Å². The first-order valence-electron chi connectivity index (χ1n) is 8.79. The predicted octanol–water partition coefficient (Wildman–Crippen LogP) is 3.80. The molecule has 0 radical (unpaired) electrons. The van der Waals surface area contributed by atoms with Crippen molar-refractivity contribution in [1.82, 2.24) is 4.90 Å². The van der Waals surface area contributed by atoms with Gasteiger partial charge in [0.15, 0.2) is 0 Å². The molecule has 112 valence electrons. The summed E-state index contributed by atoms with van der Waals surface area (Å²) >= 11 is 0. The minimum Gasteiger partial charge on any atom is -0.327 e. The second-order valence-corrected chi connectivity index (χ2v) is 6.90. The molecule has 2 fully saturated rings. The maximum atomic E-state index is 6.28. The molecule has 0 bridgehead atoms. The molecule has 1 aliphatic heterocycles. The van der Waals surface area contributed by atoms with Gasteiger partial charge in [-0.15, -0.1) is 0 Å². The maximum Gasteiger partial charge on any atom is 0.00825 e. The zero-order valence-corrected chi connectivity index (χ0v) is 12.9. The monoisotopic (exact) mass is 266 g/mol. The van der Waals surface area contributed by atoms with Gasteiger partial charge in [0.05, 0.1) is 0 Å². The van der Waals surface area contributed by atoms with Gasteiger partial charge in [-0.3, -0.25) is 0 Å². The largest absolute Gasteiger partial charge is 0.327 e. The SMILES string of the molecule is CCCCCCCCCN1CC2CCCC(N)C2C1. The molecule has 2 rings (SSSR count). The summed E-state index contributed by atoms with van der Waals surface area (Å²) in [4.78, 5) is 2.70. The molecule has 0 aromatic rings. The van der Waals surface area contributed by atoms with Crippen molar-refractivity contribution in [3.8, 4) is 0 Å². The molecule has 0 spiro atoms. The van der Waals surface area contributed by atoms with Crippen molar-refractivity contribution in [3.05, 3.63) is 0 Å². The van der Waals surface area contributed by atoms with Crippen LogP contribution >= 0.6 is 0 Å². The average molecular weight is 266 g/mol. The third kappa shape index (κ3) is 4.75. The number of likely N-dealkylation sites (tertiary alicyclic amines) is 1. The summed E-state index contributed by atoms with van der Waals surface area (Å²) in [7, 11) is 0. The highest BCUT2D eigenvalue weighted by Gasteiger charge is 2.38. The van der Waals surface area contributed by atoms with Crippen LogP contribution in [0.1, 0.15) is 71.1 Å². The van der Waals surface area contributed by atoms with E-state index >= 15 is 0 Å². The van der Waals surface area contributed by atoms with Crippen molar-refractivity contribution in [2.45, 2.75) is 77.2 Å². The lowest BCUT2D eigenvalue weighted by Gasteiger charge is -2.29. The van der Waals surface area contributed by atoms with Crippen molar-refractivity contribution >= 4 is 0 Å². The molecule has 2 nitrogen and oxygen atoms in total. The fourth-order valence-electron chi connectivity index (χ4n) is 4.08. The molecule has 3 atom stereocenters. The van der Waals surface area contributed by atoms with E-state index in [0.717, 1.165) is 11.8 Å². The first-order valence-corrected chi connectivity index (χ1v) is 8.79. The highest BCUT2D eigenvalue weighted by molar-refractivity contribution is 4.92. The first-order chi connectivity index (χ1) is 9.31. The summed E-state index contributed by atoms with van der Waals surface area (Å²) in [5, 5.41) is 0. The normalized spacial score (nSPS) is 31.6. The molecule has 0 aromatic carbocycles. The Morgan fingerprint density at radius 2 is 1.68 bits per heavy atom. The lowest BCUT2D eigenvalue weighted by molar-refractivity contribution is 0.259. The van der Waals surface area contributed by atoms with Gasteiger partial charge < -0.3 is 10.6 Å². The van der Waals surface area contributed by atoms with Gasteiger partial charge in [-0.05, 0) is 37.6 Å². The van der Waals surface area contributed by atoms with Crippen molar-refractivity contribution in [3.63, 3.8) is 0 Å². The summed E-state index contributed by atoms with van der Waals surface area (Å²) in [6.07, 6.45) is 14.0. The van der Waals surface area contributed by atoms with E-state index in [0.29, 0.717) is 6.04 Å². The Labute approximate surface area is 120 Å². The molecular formula is C17H34N2. The Morgan fingerprint density at radius 3 is 2.42 bits per heavy atom. The van der Waals surface area contributed by atoms with Crippen LogP contribution in [0.2, 0.25) is 0 Å². The van der Waals surface area contributed by atoms with E-state index in [1.54, 1.807) is 0 Å². The van der Waals surface area contributed by atoms with Crippen LogP contribution in [0.15, 0.2) is 0 Å². The second-order valence-electron chi connectivity index (χ2n) is 6.90. The lowest BCUT2D eigenvalue weighted by Crippen LogP contribution is -2.38. The molecule has 0 amide bonds. The molecule has 2 heteroatoms. The molecule has 1 saturated heterocycles. The van der Waals surface area contributed by atoms with Gasteiger partial charge in [-0.2, -0.15) is 0 Å². The van der Waals surface area contributed by atoms with E-state index in [2.05, 4.69) is 11.8 Å². The second kappa shape index (κ2) is 8.26. The van der Waals surface area contributed by atoms with Crippen LogP contribution in [0.4, 0.5) is 0 Å². The number of unbranched alkanes of at least 4 members (excludes halogenated alkanes) is 6. The molecule has 1 saturated carbocycles. The van der Waals surface area contributed by atoms with Crippen LogP contribution in [0.3, 0.4) is 0 Å². The van der Waals surface area contributed by atoms with Crippen molar-refractivity contribution in [2.24, 2.45) is 17.6 Å². The van der Waals surface area contributed by atoms with Gasteiger partial charge in [0.1, 0.15) is 0 Å². The number of nitrogens with two attached hydrogens (primary N) is 1. The van der Waals surface area contributed by atoms with Crippen LogP contribution in [-0.2, 0) is 0 Å². The number of fused-ring (bicyclic) bond motifs is 1. The van der Waals surface area contributed by atoms with Gasteiger partial charge in [0.2, 0.25) is 0 Å². The Bertz CT molecular complexity index is 241. The molecule has 2 aliphatic rings. The van der Waals surface area contributed by atoms with Gasteiger partial charge in [-0.25, -0.2) is 0 Å². The van der Waals surface area contributed by atoms with E-state index in [9.17, 15) is 0 Å². The molecule has 3 unspecified atom stereocenters. The van der Waals surface area contributed by atoms with Crippen LogP contribution in [0.25, 0.3) is 0 Å². The molecule has 2 N–H and O–H groups in total. The van der Waals surface area contributed by atoms with E-state index in [1.165, 1.54) is 83.8 Å². The first kappa shape index (κ1) is 15.3. The highest BCUT2D eigenvalue weighted by Crippen LogP contribution is 2.35. The smallest absolute Gasteiger partial charge is 0.00825 e. The Balaban J connectivity index is 1.53. The third-order valence-corrected chi connectivity index (χ3v) is 5.31. The van der Waals surface area contributed by atoms with Gasteiger partial charge in [0.25, 0.3) is 0 Å². The maximum absolute atomic E-state index is 6.28. The zero-order valence-electron chi connectivity index (χ0n) is 12.9. The van der Waals surface area contributed by atoms with Crippen LogP contribution < -0.4 is 5.73 Å². The van der Waals surface area contributed by atoms with E-state index < -0.39 is 0 Å². The number of rotatable bonds is 8. The minimum absolute atomic E-state index is 0.498. The Morgan fingerprint density at radius 1 is 0.947 bits per heavy atom. The van der Waals surface area contributed by atoms with Crippen LogP contribution in [0.5, 0.6) is 0 Å². The molecule has 19 heavy (non-hydrogen) atoms. The minimum atomic E-state index is 0.498. The number of hydrogen-bond acceptors (Lipinski definition) is 2.